The van der Waals surface area contributed by atoms with Gasteiger partial charge >= 0.3 is 0 Å². The molecule has 2 heterocycles. The SMILES string of the molecule is CC(=O)C(N=Nc1ccc(Nc2nc(NCCN)nc(NCCN)n2)cc1)C(=O)N(C)c1ccc(N(C)C(=O)C(N=Nc2ccc(Nc3nc(NCCN)nc(NCCN)n3)cc2)C(C)=O)cc1.CS(=O)(=O)O.O=C([O-])CC(O)(CC(=O)[O-])C(=O)[O-]. The first-order chi connectivity index (χ1) is 40.6. The highest BCUT2D eigenvalue weighted by Crippen LogP contribution is 2.26. The number of ketones is 2. The van der Waals surface area contributed by atoms with E-state index in [0.29, 0.717) is 117 Å². The number of carbonyl (C=O) groups is 7. The molecule has 37 heteroatoms. The highest BCUT2D eigenvalue weighted by Gasteiger charge is 2.31. The van der Waals surface area contributed by atoms with E-state index in [1.54, 1.807) is 72.8 Å². The fourth-order valence-corrected chi connectivity index (χ4v) is 6.46. The maximum Gasteiger partial charge on any atom is 0.261 e. The first kappa shape index (κ1) is 70.3. The molecule has 2 aromatic heterocycles. The van der Waals surface area contributed by atoms with Crippen molar-refractivity contribution in [1.82, 2.24) is 29.9 Å². The summed E-state index contributed by atoms with van der Waals surface area (Å²) >= 11 is 0. The molecule has 0 bridgehead atoms. The van der Waals surface area contributed by atoms with Gasteiger partial charge in [0.2, 0.25) is 47.8 Å². The van der Waals surface area contributed by atoms with Crippen LogP contribution in [0.3, 0.4) is 0 Å². The number of nitrogens with one attached hydrogen (secondary N) is 6. The molecule has 2 amide bonds. The quantitative estimate of drug-likeness (QED) is 0.0117. The lowest BCUT2D eigenvalue weighted by Crippen LogP contribution is -2.54. The predicted molar refractivity (Wildman–Crippen MR) is 307 cm³/mol. The van der Waals surface area contributed by atoms with Gasteiger partial charge in [-0.05, 0) is 86.6 Å². The lowest BCUT2D eigenvalue weighted by Gasteiger charge is -2.29. The summed E-state index contributed by atoms with van der Waals surface area (Å²) in [7, 11) is -0.684. The number of rotatable bonds is 31. The number of aliphatic hydroxyl groups is 1. The second kappa shape index (κ2) is 34.6. The normalized spacial score (nSPS) is 11.8. The number of azo groups is 2. The van der Waals surface area contributed by atoms with E-state index in [-0.39, 0.29) is 11.9 Å². The van der Waals surface area contributed by atoms with Gasteiger partial charge in [0.15, 0.2) is 11.6 Å². The summed E-state index contributed by atoms with van der Waals surface area (Å²) < 4.78 is 25.9. The Balaban J connectivity index is 0.000000927. The topological polar surface area (TPSA) is 573 Å². The largest absolute Gasteiger partial charge is 0.550 e. The number of Topliss-reactive ketones (excluding diaryl/α,β-unsaturated/α-hetero) is 2. The molecule has 0 fully saturated rings. The number of aliphatic carboxylic acids is 3. The molecule has 5 aromatic rings. The number of likely N-dealkylation sites (N-methyl/N-ethyl adjacent to an activating group) is 2. The third-order valence-corrected chi connectivity index (χ3v) is 10.6. The van der Waals surface area contributed by atoms with E-state index in [9.17, 15) is 57.3 Å². The van der Waals surface area contributed by atoms with Crippen molar-refractivity contribution in [3.8, 4) is 0 Å². The van der Waals surface area contributed by atoms with Gasteiger partial charge in [-0.1, -0.05) is 0 Å². The minimum atomic E-state index is -3.67. The Morgan fingerprint density at radius 2 is 0.802 bits per heavy atom. The summed E-state index contributed by atoms with van der Waals surface area (Å²) in [6.45, 7) is 5.88. The van der Waals surface area contributed by atoms with E-state index in [1.165, 1.54) is 37.7 Å². The average Bonchev–Trinajstić information content (AvgIpc) is 2.90. The number of carbonyl (C=O) groups excluding carboxylic acids is 7. The number of nitrogens with two attached hydrogens (primary N) is 4. The van der Waals surface area contributed by atoms with E-state index < -0.39 is 81.9 Å². The standard InChI is InChI=1S/C42H56N22O4.C6H8O7.CH4O3S/c1-25(65)33(61-59-29-9-5-27(6-10-29)51-41-55-37(47-21-17-43)53-38(56-41)48-22-18-44)35(67)63(3)31-13-15-32(16-14-31)64(4)36(68)34(26(2)66)62-60-30-11-7-28(8-12-30)52-42-57-39(49-23-19-45)54-40(58-42)50-24-20-46;7-3(8)1-6(13,5(11)12)2-4(9)10;1-5(2,3)4/h5-16,33-34H,17-24,43-46H2,1-4H3,(H3,47,48,51,53,55,56)(H3,49,50,52,54,57,58);13H,1-2H2,(H,7,8)(H,9,10)(H,11,12);1H3,(H,2,3,4)/p-3. The number of carboxylic acid groups (broad SMARTS) is 3. The van der Waals surface area contributed by atoms with Gasteiger partial charge in [-0.25, -0.2) is 0 Å². The Kier molecular flexibility index (Phi) is 28.3. The Morgan fingerprint density at radius 3 is 1.03 bits per heavy atom. The molecule has 3 aromatic carbocycles. The molecule has 0 saturated carbocycles. The van der Waals surface area contributed by atoms with E-state index in [1.807, 2.05) is 0 Å². The van der Waals surface area contributed by atoms with Gasteiger partial charge in [0.25, 0.3) is 21.9 Å². The van der Waals surface area contributed by atoms with E-state index in [0.717, 1.165) is 0 Å². The first-order valence-electron chi connectivity index (χ1n) is 25.4. The van der Waals surface area contributed by atoms with Crippen molar-refractivity contribution in [1.29, 1.82) is 0 Å². The van der Waals surface area contributed by atoms with Crippen molar-refractivity contribution in [2.45, 2.75) is 44.4 Å². The number of anilines is 10. The molecule has 36 nitrogen and oxygen atoms in total. The first-order valence-corrected chi connectivity index (χ1v) is 27.2. The van der Waals surface area contributed by atoms with Crippen molar-refractivity contribution in [3.05, 3.63) is 72.8 Å². The summed E-state index contributed by atoms with van der Waals surface area (Å²) in [5, 5.41) is 73.7. The molecule has 86 heavy (non-hydrogen) atoms. The molecule has 464 valence electrons. The Morgan fingerprint density at radius 1 is 0.535 bits per heavy atom. The van der Waals surface area contributed by atoms with Gasteiger partial charge in [-0.2, -0.15) is 58.8 Å². The Hall–Kier alpha value is -9.92. The van der Waals surface area contributed by atoms with Crippen molar-refractivity contribution >= 4 is 121 Å². The fraction of sp³-hybridized carbons (Fsp3) is 0.367. The van der Waals surface area contributed by atoms with Gasteiger partial charge in [-0.3, -0.25) is 23.7 Å². The number of benzene rings is 3. The third kappa shape index (κ3) is 24.9. The van der Waals surface area contributed by atoms with Crippen LogP contribution in [0.5, 0.6) is 0 Å². The number of amides is 2. The molecule has 0 spiro atoms. The van der Waals surface area contributed by atoms with Gasteiger partial charge in [0, 0.05) is 114 Å². The lowest BCUT2D eigenvalue weighted by molar-refractivity contribution is -0.339. The number of aromatic nitrogens is 6. The average molecular weight is 1220 g/mol. The lowest BCUT2D eigenvalue weighted by atomic mass is 9.96. The van der Waals surface area contributed by atoms with Gasteiger partial charge < -0.3 is 99.4 Å². The molecule has 0 aliphatic heterocycles. The molecule has 5 rings (SSSR count). The molecule has 16 N–H and O–H groups in total. The Bertz CT molecular complexity index is 3020. The van der Waals surface area contributed by atoms with Crippen LogP contribution in [0.2, 0.25) is 0 Å². The zero-order valence-corrected chi connectivity index (χ0v) is 47.8. The Labute approximate surface area is 491 Å². The summed E-state index contributed by atoms with van der Waals surface area (Å²) in [5.74, 6) is -6.47. The highest BCUT2D eigenvalue weighted by atomic mass is 32.2. The van der Waals surface area contributed by atoms with Crippen LogP contribution in [0.15, 0.2) is 93.3 Å². The van der Waals surface area contributed by atoms with Crippen LogP contribution in [0.25, 0.3) is 0 Å². The monoisotopic (exact) mass is 1220 g/mol. The molecule has 0 aliphatic carbocycles. The minimum Gasteiger partial charge on any atom is -0.550 e. The van der Waals surface area contributed by atoms with Gasteiger partial charge in [0.05, 0.1) is 23.6 Å². The maximum atomic E-state index is 13.6. The van der Waals surface area contributed by atoms with Crippen molar-refractivity contribution in [3.63, 3.8) is 0 Å². The second-order valence-corrected chi connectivity index (χ2v) is 19.2. The van der Waals surface area contributed by atoms with E-state index in [4.69, 9.17) is 32.6 Å². The van der Waals surface area contributed by atoms with Gasteiger partial charge in [0.1, 0.15) is 5.60 Å². The maximum absolute atomic E-state index is 13.6. The second-order valence-electron chi connectivity index (χ2n) is 17.7. The van der Waals surface area contributed by atoms with E-state index >= 15 is 0 Å². The number of hydrogen-bond donors (Lipinski definition) is 12. The summed E-state index contributed by atoms with van der Waals surface area (Å²) in [4.78, 5) is 111. The molecular weight excluding hydrogens is 1150 g/mol. The molecule has 2 atom stereocenters. The molecule has 2 unspecified atom stereocenters. The van der Waals surface area contributed by atoms with Gasteiger partial charge in [-0.15, -0.1) is 0 Å². The van der Waals surface area contributed by atoms with Crippen molar-refractivity contribution in [2.24, 2.45) is 43.4 Å². The fourth-order valence-electron chi connectivity index (χ4n) is 6.46. The van der Waals surface area contributed by atoms with Crippen molar-refractivity contribution < 1.29 is 67.0 Å². The zero-order chi connectivity index (χ0) is 64.1. The highest BCUT2D eigenvalue weighted by molar-refractivity contribution is 7.85. The summed E-state index contributed by atoms with van der Waals surface area (Å²) in [5.41, 5.74) is 22.2. The number of nitrogens with zero attached hydrogens (tertiary/aromatic N) is 12. The zero-order valence-electron chi connectivity index (χ0n) is 47.0. The molecule has 0 aliphatic rings. The van der Waals surface area contributed by atoms with Crippen LogP contribution in [0.4, 0.5) is 69.8 Å². The molecule has 0 radical (unpaired) electrons. The van der Waals surface area contributed by atoms with Crippen LogP contribution in [-0.4, -0.2) is 180 Å². The predicted octanol–water partition coefficient (Wildman–Crippen LogP) is -3.31. The van der Waals surface area contributed by atoms with Crippen LogP contribution in [-0.2, 0) is 43.7 Å². The minimum absolute atomic E-state index is 0.262. The third-order valence-electron chi connectivity index (χ3n) is 10.6. The van der Waals surface area contributed by atoms with Crippen LogP contribution >= 0.6 is 0 Å². The van der Waals surface area contributed by atoms with E-state index in [2.05, 4.69) is 82.3 Å². The summed E-state index contributed by atoms with van der Waals surface area (Å²) in [6, 6.07) is 16.8. The number of carboxylic acids is 3. The van der Waals surface area contributed by atoms with Crippen LogP contribution in [0.1, 0.15) is 26.7 Å². The molecule has 0 saturated heterocycles. The van der Waals surface area contributed by atoms with Crippen molar-refractivity contribution in [2.75, 3.05) is 114 Å². The smallest absolute Gasteiger partial charge is 0.261 e. The number of hydrogen-bond acceptors (Lipinski definition) is 33. The molecular formula is C49H65N22O14S-3. The van der Waals surface area contributed by atoms with Crippen LogP contribution < -0.4 is 80.0 Å². The van der Waals surface area contributed by atoms with Crippen LogP contribution in [0, 0.1) is 0 Å². The summed E-state index contributed by atoms with van der Waals surface area (Å²) in [6.07, 6.45) is -2.00.